The van der Waals surface area contributed by atoms with Crippen molar-refractivity contribution in [3.8, 4) is 0 Å². The average Bonchev–Trinajstić information content (AvgIpc) is 1.98. The first-order valence-corrected chi connectivity index (χ1v) is 5.27. The number of nitrogens with one attached hydrogen (secondary N) is 1. The molecule has 1 fully saturated rings. The van der Waals surface area contributed by atoms with Gasteiger partial charge in [-0.15, -0.1) is 12.4 Å². The Hall–Kier alpha value is -0.520. The zero-order valence-corrected chi connectivity index (χ0v) is 11.1. The molecule has 1 amide bonds. The van der Waals surface area contributed by atoms with Gasteiger partial charge in [0.1, 0.15) is 5.60 Å². The highest BCUT2D eigenvalue weighted by Gasteiger charge is 2.33. The Balaban J connectivity index is 0.00000225. The first-order chi connectivity index (χ1) is 6.92. The van der Waals surface area contributed by atoms with Crippen molar-refractivity contribution in [1.82, 2.24) is 10.4 Å². The first-order valence-electron chi connectivity index (χ1n) is 5.27. The largest absolute Gasteiger partial charge is 0.444 e. The molecule has 1 aliphatic rings. The standard InChI is InChI=1S/C10H20N2O3.ClH/c1-5-14-11-8-6-12(7-8)9(13)15-10(2,3)4;/h8,11H,5-7H2,1-4H3;1H. The summed E-state index contributed by atoms with van der Waals surface area (Å²) in [5.41, 5.74) is 2.45. The van der Waals surface area contributed by atoms with Gasteiger partial charge in [-0.3, -0.25) is 0 Å². The maximum Gasteiger partial charge on any atom is 0.410 e. The Bertz CT molecular complexity index is 225. The van der Waals surface area contributed by atoms with E-state index >= 15 is 0 Å². The van der Waals surface area contributed by atoms with Crippen molar-refractivity contribution in [1.29, 1.82) is 0 Å². The molecule has 0 aromatic carbocycles. The summed E-state index contributed by atoms with van der Waals surface area (Å²) in [6, 6.07) is 0.234. The minimum atomic E-state index is -0.421. The maximum absolute atomic E-state index is 11.5. The highest BCUT2D eigenvalue weighted by molar-refractivity contribution is 5.85. The topological polar surface area (TPSA) is 50.8 Å². The van der Waals surface area contributed by atoms with Crippen molar-refractivity contribution >= 4 is 18.5 Å². The SMILES string of the molecule is CCONC1CN(C(=O)OC(C)(C)C)C1.Cl. The summed E-state index contributed by atoms with van der Waals surface area (Å²) in [6.45, 7) is 9.42. The van der Waals surface area contributed by atoms with Crippen LogP contribution in [0.2, 0.25) is 0 Å². The molecule has 1 N–H and O–H groups in total. The predicted octanol–water partition coefficient (Wildman–Crippen LogP) is 1.57. The second-order valence-corrected chi connectivity index (χ2v) is 4.63. The number of hydrogen-bond acceptors (Lipinski definition) is 4. The lowest BCUT2D eigenvalue weighted by Crippen LogP contribution is -2.60. The molecule has 5 nitrogen and oxygen atoms in total. The summed E-state index contributed by atoms with van der Waals surface area (Å²) >= 11 is 0. The zero-order valence-electron chi connectivity index (χ0n) is 10.3. The van der Waals surface area contributed by atoms with Crippen LogP contribution < -0.4 is 5.48 Å². The van der Waals surface area contributed by atoms with E-state index in [4.69, 9.17) is 9.57 Å². The Kier molecular flexibility index (Phi) is 6.07. The summed E-state index contributed by atoms with van der Waals surface area (Å²) < 4.78 is 5.21. The third kappa shape index (κ3) is 5.01. The number of halogens is 1. The maximum atomic E-state index is 11.5. The number of hydroxylamine groups is 1. The quantitative estimate of drug-likeness (QED) is 0.775. The number of ether oxygens (including phenoxy) is 1. The van der Waals surface area contributed by atoms with Crippen LogP contribution in [0.5, 0.6) is 0 Å². The van der Waals surface area contributed by atoms with Gasteiger partial charge in [0.05, 0.1) is 12.6 Å². The molecule has 0 unspecified atom stereocenters. The van der Waals surface area contributed by atoms with Crippen LogP contribution in [0.1, 0.15) is 27.7 Å². The molecule has 0 atom stereocenters. The van der Waals surface area contributed by atoms with Crippen molar-refractivity contribution in [3.05, 3.63) is 0 Å². The van der Waals surface area contributed by atoms with Gasteiger partial charge in [-0.05, 0) is 27.7 Å². The van der Waals surface area contributed by atoms with E-state index in [1.807, 2.05) is 27.7 Å². The van der Waals surface area contributed by atoms with Crippen LogP contribution >= 0.6 is 12.4 Å². The molecule has 1 saturated heterocycles. The molecule has 0 radical (unpaired) electrons. The van der Waals surface area contributed by atoms with Gasteiger partial charge in [0.15, 0.2) is 0 Å². The van der Waals surface area contributed by atoms with Crippen LogP contribution in [0.15, 0.2) is 0 Å². The van der Waals surface area contributed by atoms with Crippen LogP contribution in [0.4, 0.5) is 4.79 Å². The van der Waals surface area contributed by atoms with E-state index in [9.17, 15) is 4.79 Å². The van der Waals surface area contributed by atoms with Gasteiger partial charge < -0.3 is 14.5 Å². The first kappa shape index (κ1) is 15.5. The molecular weight excluding hydrogens is 232 g/mol. The van der Waals surface area contributed by atoms with Crippen molar-refractivity contribution in [2.24, 2.45) is 0 Å². The summed E-state index contributed by atoms with van der Waals surface area (Å²) in [4.78, 5) is 18.2. The molecule has 16 heavy (non-hydrogen) atoms. The van der Waals surface area contributed by atoms with E-state index in [0.29, 0.717) is 19.7 Å². The van der Waals surface area contributed by atoms with Gasteiger partial charge in [-0.25, -0.2) is 4.79 Å². The zero-order chi connectivity index (χ0) is 11.5. The van der Waals surface area contributed by atoms with E-state index in [1.54, 1.807) is 4.90 Å². The predicted molar refractivity (Wildman–Crippen MR) is 63.6 cm³/mol. The van der Waals surface area contributed by atoms with E-state index in [1.165, 1.54) is 0 Å². The fourth-order valence-electron chi connectivity index (χ4n) is 1.23. The molecule has 0 aromatic rings. The highest BCUT2D eigenvalue weighted by Crippen LogP contribution is 2.14. The molecule has 96 valence electrons. The van der Waals surface area contributed by atoms with Gasteiger partial charge in [0, 0.05) is 13.1 Å². The smallest absolute Gasteiger partial charge is 0.410 e. The van der Waals surface area contributed by atoms with Gasteiger partial charge in [0.25, 0.3) is 0 Å². The number of carbonyl (C=O) groups excluding carboxylic acids is 1. The monoisotopic (exact) mass is 252 g/mol. The summed E-state index contributed by atoms with van der Waals surface area (Å²) in [5.74, 6) is 0. The van der Waals surface area contributed by atoms with E-state index in [2.05, 4.69) is 5.48 Å². The lowest BCUT2D eigenvalue weighted by molar-refractivity contribution is -0.0395. The third-order valence-corrected chi connectivity index (χ3v) is 1.93. The Labute approximate surface area is 103 Å². The molecule has 0 saturated carbocycles. The number of likely N-dealkylation sites (tertiary alicyclic amines) is 1. The van der Waals surface area contributed by atoms with Crippen LogP contribution in [0.25, 0.3) is 0 Å². The van der Waals surface area contributed by atoms with Crippen LogP contribution in [0, 0.1) is 0 Å². The second-order valence-electron chi connectivity index (χ2n) is 4.63. The normalized spacial score (nSPS) is 16.4. The van der Waals surface area contributed by atoms with Gasteiger partial charge in [-0.1, -0.05) is 0 Å². The molecule has 6 heteroatoms. The number of rotatable bonds is 3. The summed E-state index contributed by atoms with van der Waals surface area (Å²) in [7, 11) is 0. The van der Waals surface area contributed by atoms with Crippen LogP contribution in [0.3, 0.4) is 0 Å². The second kappa shape index (κ2) is 6.27. The highest BCUT2D eigenvalue weighted by atomic mass is 35.5. The van der Waals surface area contributed by atoms with Crippen LogP contribution in [-0.4, -0.2) is 42.3 Å². The van der Waals surface area contributed by atoms with Gasteiger partial charge >= 0.3 is 6.09 Å². The number of carbonyl (C=O) groups is 1. The summed E-state index contributed by atoms with van der Waals surface area (Å²) in [5, 5.41) is 0. The number of amides is 1. The van der Waals surface area contributed by atoms with E-state index in [0.717, 1.165) is 0 Å². The minimum absolute atomic E-state index is 0. The lowest BCUT2D eigenvalue weighted by atomic mass is 10.1. The fourth-order valence-corrected chi connectivity index (χ4v) is 1.23. The number of nitrogens with zero attached hydrogens (tertiary/aromatic N) is 1. The van der Waals surface area contributed by atoms with Crippen molar-refractivity contribution in [2.45, 2.75) is 39.3 Å². The number of hydrogen-bond donors (Lipinski definition) is 1. The molecule has 0 aliphatic carbocycles. The van der Waals surface area contributed by atoms with Crippen molar-refractivity contribution < 1.29 is 14.4 Å². The van der Waals surface area contributed by atoms with E-state index < -0.39 is 5.60 Å². The molecule has 1 aliphatic heterocycles. The van der Waals surface area contributed by atoms with Crippen molar-refractivity contribution in [3.63, 3.8) is 0 Å². The van der Waals surface area contributed by atoms with Crippen molar-refractivity contribution in [2.75, 3.05) is 19.7 Å². The average molecular weight is 253 g/mol. The molecule has 0 spiro atoms. The minimum Gasteiger partial charge on any atom is -0.444 e. The Morgan fingerprint density at radius 2 is 2.00 bits per heavy atom. The molecular formula is C10H21ClN2O3. The Morgan fingerprint density at radius 1 is 1.44 bits per heavy atom. The summed E-state index contributed by atoms with van der Waals surface area (Å²) in [6.07, 6.45) is -0.253. The van der Waals surface area contributed by atoms with Gasteiger partial charge in [0.2, 0.25) is 0 Å². The van der Waals surface area contributed by atoms with E-state index in [-0.39, 0.29) is 24.5 Å². The third-order valence-electron chi connectivity index (χ3n) is 1.93. The fraction of sp³-hybridized carbons (Fsp3) is 0.900. The molecule has 1 heterocycles. The lowest BCUT2D eigenvalue weighted by Gasteiger charge is -2.39. The Morgan fingerprint density at radius 3 is 2.44 bits per heavy atom. The molecule has 0 aromatic heterocycles. The molecule has 0 bridgehead atoms. The van der Waals surface area contributed by atoms with Gasteiger partial charge in [-0.2, -0.15) is 5.48 Å². The van der Waals surface area contributed by atoms with Crippen LogP contribution in [-0.2, 0) is 9.57 Å². The molecule has 1 rings (SSSR count).